The number of anilines is 1. The lowest BCUT2D eigenvalue weighted by atomic mass is 10.3. The number of fused-ring (bicyclic) bond motifs is 1. The number of halogens is 1. The highest BCUT2D eigenvalue weighted by Gasteiger charge is 2.19. The molecule has 5 nitrogen and oxygen atoms in total. The van der Waals surface area contributed by atoms with Gasteiger partial charge in [0.05, 0.1) is 27.7 Å². The molecule has 0 saturated heterocycles. The van der Waals surface area contributed by atoms with Crippen molar-refractivity contribution in [2.75, 3.05) is 5.32 Å². The Morgan fingerprint density at radius 2 is 2.20 bits per heavy atom. The Morgan fingerprint density at radius 3 is 2.96 bits per heavy atom. The molecule has 3 aromatic rings. The Labute approximate surface area is 159 Å². The van der Waals surface area contributed by atoms with E-state index in [-0.39, 0.29) is 17.2 Å². The third-order valence-electron chi connectivity index (χ3n) is 3.91. The van der Waals surface area contributed by atoms with E-state index in [2.05, 4.69) is 29.2 Å². The molecule has 0 aliphatic carbocycles. The van der Waals surface area contributed by atoms with Crippen LogP contribution in [0.2, 0.25) is 5.02 Å². The molecule has 0 aliphatic rings. The van der Waals surface area contributed by atoms with Gasteiger partial charge in [0, 0.05) is 11.1 Å². The van der Waals surface area contributed by atoms with Gasteiger partial charge in [-0.2, -0.15) is 5.10 Å². The van der Waals surface area contributed by atoms with Gasteiger partial charge in [-0.25, -0.2) is 9.67 Å². The molecule has 8 heteroatoms. The molecule has 25 heavy (non-hydrogen) atoms. The number of amides is 1. The van der Waals surface area contributed by atoms with E-state index in [0.29, 0.717) is 5.02 Å². The summed E-state index contributed by atoms with van der Waals surface area (Å²) >= 11 is 9.02. The van der Waals surface area contributed by atoms with Crippen molar-refractivity contribution in [2.45, 2.75) is 42.8 Å². The van der Waals surface area contributed by atoms with Crippen molar-refractivity contribution in [1.82, 2.24) is 14.8 Å². The van der Waals surface area contributed by atoms with Crippen molar-refractivity contribution in [3.05, 3.63) is 35.5 Å². The largest absolute Gasteiger partial charge is 0.310 e. The lowest BCUT2D eigenvalue weighted by Crippen LogP contribution is -2.24. The van der Waals surface area contributed by atoms with Crippen LogP contribution in [0.15, 0.2) is 34.8 Å². The van der Waals surface area contributed by atoms with E-state index in [4.69, 9.17) is 11.6 Å². The second-order valence-electron chi connectivity index (χ2n) is 5.76. The van der Waals surface area contributed by atoms with Gasteiger partial charge in [-0.1, -0.05) is 30.3 Å². The van der Waals surface area contributed by atoms with Crippen molar-refractivity contribution in [1.29, 1.82) is 0 Å². The number of aromatic nitrogens is 3. The summed E-state index contributed by atoms with van der Waals surface area (Å²) in [5.41, 5.74) is 0.863. The summed E-state index contributed by atoms with van der Waals surface area (Å²) in [7, 11) is 0. The molecule has 0 unspecified atom stereocenters. The Morgan fingerprint density at radius 1 is 1.40 bits per heavy atom. The smallest absolute Gasteiger partial charge is 0.238 e. The van der Waals surface area contributed by atoms with Crippen LogP contribution in [0.5, 0.6) is 0 Å². The van der Waals surface area contributed by atoms with Crippen molar-refractivity contribution >= 4 is 56.6 Å². The summed E-state index contributed by atoms with van der Waals surface area (Å²) in [6.07, 6.45) is 2.65. The van der Waals surface area contributed by atoms with Crippen molar-refractivity contribution < 1.29 is 4.79 Å². The van der Waals surface area contributed by atoms with E-state index in [1.165, 1.54) is 11.8 Å². The van der Waals surface area contributed by atoms with Crippen molar-refractivity contribution in [2.24, 2.45) is 0 Å². The molecule has 0 bridgehead atoms. The molecular formula is C17H19ClN4OS2. The summed E-state index contributed by atoms with van der Waals surface area (Å²) < 4.78 is 3.76. The Balaban J connectivity index is 1.69. The highest BCUT2D eigenvalue weighted by Crippen LogP contribution is 2.33. The summed E-state index contributed by atoms with van der Waals surface area (Å²) in [4.78, 5) is 17.1. The average molecular weight is 395 g/mol. The fourth-order valence-electron chi connectivity index (χ4n) is 2.30. The molecular weight excluding hydrogens is 376 g/mol. The molecule has 2 atom stereocenters. The van der Waals surface area contributed by atoms with Gasteiger partial charge in [-0.15, -0.1) is 11.3 Å². The lowest BCUT2D eigenvalue weighted by Gasteiger charge is -2.15. The van der Waals surface area contributed by atoms with Gasteiger partial charge >= 0.3 is 0 Å². The van der Waals surface area contributed by atoms with Crippen LogP contribution >= 0.6 is 34.7 Å². The predicted octanol–water partition coefficient (Wildman–Crippen LogP) is 5.24. The number of benzene rings is 1. The monoisotopic (exact) mass is 394 g/mol. The zero-order valence-corrected chi connectivity index (χ0v) is 16.6. The molecule has 1 N–H and O–H groups in total. The fraction of sp³-hybridized carbons (Fsp3) is 0.353. The van der Waals surface area contributed by atoms with E-state index in [1.807, 2.05) is 35.9 Å². The lowest BCUT2D eigenvalue weighted by molar-refractivity contribution is -0.115. The standard InChI is InChI=1S/C17H19ClN4OS2/c1-4-10(2)22-15(7-8-19-22)21-16(23)11(3)24-17-20-13-9-12(18)5-6-14(13)25-17/h5-11H,4H2,1-3H3,(H,21,23)/t10-,11+/m1/s1. The summed E-state index contributed by atoms with van der Waals surface area (Å²) in [6.45, 7) is 6.05. The quantitative estimate of drug-likeness (QED) is 0.581. The molecule has 0 aliphatic heterocycles. The van der Waals surface area contributed by atoms with Crippen LogP contribution in [-0.2, 0) is 4.79 Å². The molecule has 2 aromatic heterocycles. The normalized spacial score (nSPS) is 13.8. The third-order valence-corrected chi connectivity index (χ3v) is 6.37. The topological polar surface area (TPSA) is 59.8 Å². The van der Waals surface area contributed by atoms with Crippen LogP contribution in [0.1, 0.15) is 33.2 Å². The number of thiazole rings is 1. The fourth-order valence-corrected chi connectivity index (χ4v) is 4.66. The minimum absolute atomic E-state index is 0.0626. The molecule has 2 heterocycles. The molecule has 3 rings (SSSR count). The van der Waals surface area contributed by atoms with Crippen LogP contribution in [0.3, 0.4) is 0 Å². The Hall–Kier alpha value is -1.57. The summed E-state index contributed by atoms with van der Waals surface area (Å²) in [6, 6.07) is 7.70. The first-order valence-corrected chi connectivity index (χ1v) is 10.1. The number of thioether (sulfide) groups is 1. The van der Waals surface area contributed by atoms with E-state index in [9.17, 15) is 4.79 Å². The number of hydrogen-bond donors (Lipinski definition) is 1. The van der Waals surface area contributed by atoms with Crippen LogP contribution in [0.25, 0.3) is 10.2 Å². The van der Waals surface area contributed by atoms with E-state index >= 15 is 0 Å². The van der Waals surface area contributed by atoms with E-state index in [0.717, 1.165) is 26.8 Å². The second kappa shape index (κ2) is 7.76. The Bertz CT molecular complexity index is 892. The second-order valence-corrected chi connectivity index (χ2v) is 8.81. The Kier molecular flexibility index (Phi) is 5.66. The minimum atomic E-state index is -0.267. The summed E-state index contributed by atoms with van der Waals surface area (Å²) in [5, 5.41) is 7.66. The van der Waals surface area contributed by atoms with Crippen molar-refractivity contribution in [3.8, 4) is 0 Å². The first-order chi connectivity index (χ1) is 12.0. The van der Waals surface area contributed by atoms with Gasteiger partial charge in [-0.05, 0) is 38.5 Å². The maximum atomic E-state index is 12.5. The zero-order valence-electron chi connectivity index (χ0n) is 14.2. The highest BCUT2D eigenvalue weighted by atomic mass is 35.5. The van der Waals surface area contributed by atoms with Gasteiger partial charge in [-0.3, -0.25) is 4.79 Å². The van der Waals surface area contributed by atoms with Gasteiger partial charge in [0.15, 0.2) is 4.34 Å². The number of hydrogen-bond acceptors (Lipinski definition) is 5. The van der Waals surface area contributed by atoms with Crippen LogP contribution in [-0.4, -0.2) is 25.9 Å². The molecule has 0 fully saturated rings. The van der Waals surface area contributed by atoms with Crippen LogP contribution in [0.4, 0.5) is 5.82 Å². The molecule has 0 spiro atoms. The number of nitrogens with zero attached hydrogens (tertiary/aromatic N) is 3. The van der Waals surface area contributed by atoms with Crippen molar-refractivity contribution in [3.63, 3.8) is 0 Å². The van der Waals surface area contributed by atoms with Gasteiger partial charge in [0.1, 0.15) is 5.82 Å². The first-order valence-electron chi connectivity index (χ1n) is 8.05. The SMILES string of the molecule is CC[C@@H](C)n1nccc1NC(=O)[C@H](C)Sc1nc2cc(Cl)ccc2s1. The van der Waals surface area contributed by atoms with Gasteiger partial charge < -0.3 is 5.32 Å². The molecule has 1 amide bonds. The predicted molar refractivity (Wildman–Crippen MR) is 106 cm³/mol. The molecule has 1 aromatic carbocycles. The van der Waals surface area contributed by atoms with E-state index < -0.39 is 0 Å². The average Bonchev–Trinajstić information content (AvgIpc) is 3.19. The number of rotatable bonds is 6. The van der Waals surface area contributed by atoms with Crippen LogP contribution < -0.4 is 5.32 Å². The van der Waals surface area contributed by atoms with Crippen LogP contribution in [0, 0.1) is 0 Å². The molecule has 0 saturated carbocycles. The van der Waals surface area contributed by atoms with Gasteiger partial charge in [0.25, 0.3) is 0 Å². The maximum absolute atomic E-state index is 12.5. The third kappa shape index (κ3) is 4.16. The van der Waals surface area contributed by atoms with Gasteiger partial charge in [0.2, 0.25) is 5.91 Å². The molecule has 0 radical (unpaired) electrons. The number of carbonyl (C=O) groups is 1. The number of carbonyl (C=O) groups excluding carboxylic acids is 1. The first kappa shape index (κ1) is 18.2. The minimum Gasteiger partial charge on any atom is -0.310 e. The zero-order chi connectivity index (χ0) is 18.0. The molecule has 132 valence electrons. The highest BCUT2D eigenvalue weighted by molar-refractivity contribution is 8.02. The van der Waals surface area contributed by atoms with E-state index in [1.54, 1.807) is 17.5 Å². The maximum Gasteiger partial charge on any atom is 0.238 e. The summed E-state index contributed by atoms with van der Waals surface area (Å²) in [5.74, 6) is 0.662. The number of nitrogens with one attached hydrogen (secondary N) is 1.